The number of hydrogen-bond acceptors (Lipinski definition) is 9. The summed E-state index contributed by atoms with van der Waals surface area (Å²) < 4.78 is 20.8. The second kappa shape index (κ2) is 6.91. The standard InChI is InChI=1S/C20H23FN8O2/c1-11-23-28-29(26-11)12-4-5-13(15(30)8-12)14-10-22-18(25-24-14)31-16-9-19(2)6-7-20(3,27-19)17(16)21/h4-5,8,10,16-17,27,30H,6-7,9H2,1-3H3/t16-,17+,19-,20+/m1/s1. The van der Waals surface area contributed by atoms with Gasteiger partial charge in [0.05, 0.1) is 17.4 Å². The topological polar surface area (TPSA) is 124 Å². The van der Waals surface area contributed by atoms with Crippen LogP contribution in [0.4, 0.5) is 4.39 Å². The van der Waals surface area contributed by atoms with Gasteiger partial charge in [0.1, 0.15) is 17.5 Å². The molecule has 2 fully saturated rings. The minimum atomic E-state index is -1.17. The number of ether oxygens (including phenoxy) is 1. The number of phenols is 1. The molecule has 0 amide bonds. The van der Waals surface area contributed by atoms with E-state index in [0.717, 1.165) is 12.8 Å². The van der Waals surface area contributed by atoms with Gasteiger partial charge in [-0.2, -0.15) is 0 Å². The number of aromatic nitrogens is 7. The van der Waals surface area contributed by atoms with Crippen molar-refractivity contribution in [3.05, 3.63) is 30.2 Å². The number of halogens is 1. The van der Waals surface area contributed by atoms with Crippen LogP contribution < -0.4 is 10.1 Å². The van der Waals surface area contributed by atoms with Gasteiger partial charge in [-0.05, 0) is 51.0 Å². The molecule has 31 heavy (non-hydrogen) atoms. The highest BCUT2D eigenvalue weighted by Gasteiger charge is 2.56. The fraction of sp³-hybridized carbons (Fsp3) is 0.500. The van der Waals surface area contributed by atoms with E-state index in [1.165, 1.54) is 17.1 Å². The van der Waals surface area contributed by atoms with Gasteiger partial charge in [0.25, 0.3) is 0 Å². The second-order valence-electron chi connectivity index (χ2n) is 8.82. The van der Waals surface area contributed by atoms with Crippen molar-refractivity contribution >= 4 is 0 Å². The van der Waals surface area contributed by atoms with E-state index in [2.05, 4.69) is 42.8 Å². The van der Waals surface area contributed by atoms with E-state index in [4.69, 9.17) is 4.74 Å². The maximum Gasteiger partial charge on any atom is 0.336 e. The van der Waals surface area contributed by atoms with E-state index in [1.54, 1.807) is 19.1 Å². The molecule has 0 aliphatic carbocycles. The first-order valence-electron chi connectivity index (χ1n) is 10.1. The summed E-state index contributed by atoms with van der Waals surface area (Å²) in [4.78, 5) is 5.51. The van der Waals surface area contributed by atoms with Crippen LogP contribution in [0.25, 0.3) is 16.9 Å². The number of hydrogen-bond donors (Lipinski definition) is 2. The quantitative estimate of drug-likeness (QED) is 0.644. The number of aromatic hydroxyl groups is 1. The fourth-order valence-electron chi connectivity index (χ4n) is 4.60. The van der Waals surface area contributed by atoms with Crippen LogP contribution in [0.2, 0.25) is 0 Å². The summed E-state index contributed by atoms with van der Waals surface area (Å²) in [5.74, 6) is 0.492. The maximum atomic E-state index is 15.0. The zero-order valence-corrected chi connectivity index (χ0v) is 17.4. The van der Waals surface area contributed by atoms with Crippen LogP contribution in [0.5, 0.6) is 11.8 Å². The fourth-order valence-corrected chi connectivity index (χ4v) is 4.60. The summed E-state index contributed by atoms with van der Waals surface area (Å²) in [6.45, 7) is 5.71. The summed E-state index contributed by atoms with van der Waals surface area (Å²) in [6, 6.07) is 4.91. The Hall–Kier alpha value is -3.21. The van der Waals surface area contributed by atoms with E-state index in [-0.39, 0.29) is 17.3 Å². The number of benzene rings is 1. The van der Waals surface area contributed by atoms with Crippen LogP contribution in [-0.4, -0.2) is 63.8 Å². The van der Waals surface area contributed by atoms with E-state index >= 15 is 4.39 Å². The zero-order chi connectivity index (χ0) is 21.8. The van der Waals surface area contributed by atoms with Gasteiger partial charge in [0, 0.05) is 23.6 Å². The third kappa shape index (κ3) is 3.48. The largest absolute Gasteiger partial charge is 0.507 e. The smallest absolute Gasteiger partial charge is 0.336 e. The number of piperidine rings is 1. The molecule has 2 aliphatic rings. The van der Waals surface area contributed by atoms with Gasteiger partial charge in [-0.1, -0.05) is 5.10 Å². The molecule has 2 N–H and O–H groups in total. The molecule has 5 rings (SSSR count). The molecule has 2 bridgehead atoms. The van der Waals surface area contributed by atoms with Crippen LogP contribution in [-0.2, 0) is 0 Å². The average Bonchev–Trinajstić information content (AvgIpc) is 3.29. The number of rotatable bonds is 4. The van der Waals surface area contributed by atoms with Gasteiger partial charge < -0.3 is 15.2 Å². The molecule has 2 aliphatic heterocycles. The maximum absolute atomic E-state index is 15.0. The molecule has 0 saturated carbocycles. The molecule has 4 atom stereocenters. The lowest BCUT2D eigenvalue weighted by Crippen LogP contribution is -2.63. The number of aryl methyl sites for hydroxylation is 1. The number of nitrogens with one attached hydrogen (secondary N) is 1. The first kappa shape index (κ1) is 19.7. The highest BCUT2D eigenvalue weighted by Crippen LogP contribution is 2.44. The molecule has 0 unspecified atom stereocenters. The number of tetrazole rings is 1. The first-order valence-corrected chi connectivity index (χ1v) is 10.1. The van der Waals surface area contributed by atoms with Gasteiger partial charge >= 0.3 is 6.01 Å². The van der Waals surface area contributed by atoms with E-state index in [9.17, 15) is 5.11 Å². The zero-order valence-electron chi connectivity index (χ0n) is 17.4. The summed E-state index contributed by atoms with van der Waals surface area (Å²) in [5.41, 5.74) is 0.603. The molecule has 11 heteroatoms. The van der Waals surface area contributed by atoms with Gasteiger partial charge in [0.2, 0.25) is 0 Å². The van der Waals surface area contributed by atoms with Crippen LogP contribution in [0.3, 0.4) is 0 Å². The summed E-state index contributed by atoms with van der Waals surface area (Å²) in [7, 11) is 0. The molecule has 3 aromatic rings. The Kier molecular flexibility index (Phi) is 4.40. The van der Waals surface area contributed by atoms with Gasteiger partial charge in [-0.15, -0.1) is 20.1 Å². The highest BCUT2D eigenvalue weighted by molar-refractivity contribution is 5.67. The van der Waals surface area contributed by atoms with Gasteiger partial charge in [-0.25, -0.2) is 9.37 Å². The first-order chi connectivity index (χ1) is 14.7. The van der Waals surface area contributed by atoms with Crippen molar-refractivity contribution in [1.29, 1.82) is 0 Å². The van der Waals surface area contributed by atoms with Crippen LogP contribution in [0.1, 0.15) is 38.9 Å². The Morgan fingerprint density at radius 2 is 2.06 bits per heavy atom. The van der Waals surface area contributed by atoms with E-state index in [1.807, 2.05) is 6.92 Å². The SMILES string of the molecule is Cc1nnn(-c2ccc(-c3cnc(O[C@@H]4C[C@@]5(C)CC[C@](C)(N5)[C@H]4F)nn3)c(O)c2)n1. The van der Waals surface area contributed by atoms with Crippen molar-refractivity contribution in [1.82, 2.24) is 40.7 Å². The van der Waals surface area contributed by atoms with Crippen LogP contribution >= 0.6 is 0 Å². The molecule has 0 spiro atoms. The average molecular weight is 426 g/mol. The summed E-state index contributed by atoms with van der Waals surface area (Å²) in [6.07, 6.45) is 1.84. The van der Waals surface area contributed by atoms with Crippen LogP contribution in [0, 0.1) is 6.92 Å². The van der Waals surface area contributed by atoms with Crippen molar-refractivity contribution < 1.29 is 14.2 Å². The molecule has 2 saturated heterocycles. The monoisotopic (exact) mass is 426 g/mol. The normalized spacial score (nSPS) is 29.8. The summed E-state index contributed by atoms with van der Waals surface area (Å²) >= 11 is 0. The Morgan fingerprint density at radius 3 is 2.74 bits per heavy atom. The van der Waals surface area contributed by atoms with Crippen molar-refractivity contribution in [2.24, 2.45) is 0 Å². The molecule has 2 aromatic heterocycles. The lowest BCUT2D eigenvalue weighted by atomic mass is 9.85. The predicted octanol–water partition coefficient (Wildman–Crippen LogP) is 1.92. The number of fused-ring (bicyclic) bond motifs is 2. The molecule has 0 radical (unpaired) electrons. The lowest BCUT2D eigenvalue weighted by Gasteiger charge is -2.43. The van der Waals surface area contributed by atoms with Crippen molar-refractivity contribution in [2.75, 3.05) is 0 Å². The predicted molar refractivity (Wildman–Crippen MR) is 107 cm³/mol. The third-order valence-electron chi connectivity index (χ3n) is 6.17. The van der Waals surface area contributed by atoms with E-state index in [0.29, 0.717) is 29.2 Å². The Morgan fingerprint density at radius 1 is 1.23 bits per heavy atom. The Labute approximate surface area is 177 Å². The highest BCUT2D eigenvalue weighted by atomic mass is 19.1. The molecular formula is C20H23FN8O2. The summed E-state index contributed by atoms with van der Waals surface area (Å²) in [5, 5.41) is 33.8. The number of alkyl halides is 1. The van der Waals surface area contributed by atoms with Crippen molar-refractivity contribution in [3.63, 3.8) is 0 Å². The molecular weight excluding hydrogens is 403 g/mol. The minimum absolute atomic E-state index is 0.0169. The van der Waals surface area contributed by atoms with Gasteiger partial charge in [0.15, 0.2) is 12.0 Å². The van der Waals surface area contributed by atoms with Crippen molar-refractivity contribution in [2.45, 2.75) is 63.4 Å². The van der Waals surface area contributed by atoms with Crippen LogP contribution in [0.15, 0.2) is 24.4 Å². The van der Waals surface area contributed by atoms with Gasteiger partial charge in [-0.3, -0.25) is 0 Å². The molecule has 162 valence electrons. The molecule has 10 nitrogen and oxygen atoms in total. The second-order valence-corrected chi connectivity index (χ2v) is 8.82. The molecule has 1 aromatic carbocycles. The Balaban J connectivity index is 1.34. The number of nitrogens with zero attached hydrogens (tertiary/aromatic N) is 7. The number of phenolic OH excluding ortho intramolecular Hbond substituents is 1. The molecule has 4 heterocycles. The van der Waals surface area contributed by atoms with E-state index < -0.39 is 17.8 Å². The third-order valence-corrected chi connectivity index (χ3v) is 6.17. The lowest BCUT2D eigenvalue weighted by molar-refractivity contribution is -0.0119. The minimum Gasteiger partial charge on any atom is -0.507 e. The Bertz CT molecular complexity index is 1120. The van der Waals surface area contributed by atoms with Crippen molar-refractivity contribution in [3.8, 4) is 28.7 Å².